The fourth-order valence-electron chi connectivity index (χ4n) is 4.23. The van der Waals surface area contributed by atoms with Gasteiger partial charge in [-0.25, -0.2) is 0 Å². The number of anilines is 2. The molecule has 1 aliphatic heterocycles. The molecule has 1 unspecified atom stereocenters. The molecule has 0 amide bonds. The molecule has 2 aliphatic rings. The van der Waals surface area contributed by atoms with E-state index in [4.69, 9.17) is 12.2 Å². The summed E-state index contributed by atoms with van der Waals surface area (Å²) in [6.07, 6.45) is 5.65. The van der Waals surface area contributed by atoms with Crippen molar-refractivity contribution in [3.05, 3.63) is 70.8 Å². The van der Waals surface area contributed by atoms with Crippen LogP contribution in [0.5, 0.6) is 0 Å². The second-order valence-electron chi connectivity index (χ2n) is 8.43. The first-order valence-electron chi connectivity index (χ1n) is 10.5. The molecular formula is C25H30N4S. The van der Waals surface area contributed by atoms with Gasteiger partial charge in [0.2, 0.25) is 0 Å². The minimum absolute atomic E-state index is 0.171. The van der Waals surface area contributed by atoms with Crippen LogP contribution < -0.4 is 20.4 Å². The van der Waals surface area contributed by atoms with E-state index in [1.165, 1.54) is 39.3 Å². The topological polar surface area (TPSA) is 30.5 Å². The van der Waals surface area contributed by atoms with Crippen molar-refractivity contribution in [3.63, 3.8) is 0 Å². The maximum Gasteiger partial charge on any atom is 0.171 e. The summed E-state index contributed by atoms with van der Waals surface area (Å²) in [5, 5.41) is 7.66. The Morgan fingerprint density at radius 3 is 2.07 bits per heavy atom. The molecule has 0 saturated heterocycles. The summed E-state index contributed by atoms with van der Waals surface area (Å²) in [5.74, 6) is 0. The first kappa shape index (κ1) is 20.5. The van der Waals surface area contributed by atoms with E-state index in [1.807, 2.05) is 0 Å². The third-order valence-corrected chi connectivity index (χ3v) is 6.12. The van der Waals surface area contributed by atoms with Crippen LogP contribution in [0.1, 0.15) is 30.4 Å². The van der Waals surface area contributed by atoms with Crippen LogP contribution in [-0.2, 0) is 0 Å². The molecule has 1 saturated carbocycles. The van der Waals surface area contributed by atoms with Gasteiger partial charge >= 0.3 is 0 Å². The van der Waals surface area contributed by atoms with Crippen molar-refractivity contribution in [1.29, 1.82) is 0 Å². The fraction of sp³-hybridized carbons (Fsp3) is 0.320. The highest BCUT2D eigenvalue weighted by Crippen LogP contribution is 2.36. The minimum Gasteiger partial charge on any atom is -0.378 e. The Balaban J connectivity index is 1.68. The Hall–Kier alpha value is -2.79. The second kappa shape index (κ2) is 8.52. The summed E-state index contributed by atoms with van der Waals surface area (Å²) in [4.78, 5) is 4.24. The molecular weight excluding hydrogens is 388 g/mol. The first-order chi connectivity index (χ1) is 14.4. The molecule has 1 aliphatic carbocycles. The first-order valence-corrected chi connectivity index (χ1v) is 10.9. The number of benzene rings is 2. The molecule has 1 heterocycles. The van der Waals surface area contributed by atoms with Gasteiger partial charge in [-0.2, -0.15) is 0 Å². The number of fused-ring (bicyclic) bond motifs is 1. The predicted octanol–water partition coefficient (Wildman–Crippen LogP) is 4.64. The lowest BCUT2D eigenvalue weighted by Gasteiger charge is -2.37. The third-order valence-electron chi connectivity index (χ3n) is 5.90. The molecule has 0 aromatic heterocycles. The lowest BCUT2D eigenvalue weighted by Crippen LogP contribution is -2.49. The Labute approximate surface area is 185 Å². The summed E-state index contributed by atoms with van der Waals surface area (Å²) in [5.41, 5.74) is 8.82. The van der Waals surface area contributed by atoms with E-state index in [1.54, 1.807) is 0 Å². The van der Waals surface area contributed by atoms with Gasteiger partial charge in [-0.15, -0.1) is 0 Å². The van der Waals surface area contributed by atoms with Gasteiger partial charge in [0.05, 0.1) is 6.04 Å². The largest absolute Gasteiger partial charge is 0.378 e. The monoisotopic (exact) mass is 418 g/mol. The van der Waals surface area contributed by atoms with Crippen LogP contribution >= 0.6 is 12.2 Å². The number of nitrogens with zero attached hydrogens (tertiary/aromatic N) is 2. The van der Waals surface area contributed by atoms with Crippen LogP contribution in [0.25, 0.3) is 11.8 Å². The van der Waals surface area contributed by atoms with Gasteiger partial charge in [0, 0.05) is 45.3 Å². The molecule has 4 nitrogen and oxygen atoms in total. The summed E-state index contributed by atoms with van der Waals surface area (Å²) >= 11 is 5.58. The second-order valence-corrected chi connectivity index (χ2v) is 8.84. The summed E-state index contributed by atoms with van der Waals surface area (Å²) in [7, 11) is 8.26. The van der Waals surface area contributed by atoms with Crippen LogP contribution in [0.15, 0.2) is 59.7 Å². The molecule has 1 fully saturated rings. The van der Waals surface area contributed by atoms with Crippen LogP contribution in [0.3, 0.4) is 0 Å². The van der Waals surface area contributed by atoms with Crippen molar-refractivity contribution in [1.82, 2.24) is 10.6 Å². The van der Waals surface area contributed by atoms with Gasteiger partial charge in [0.15, 0.2) is 5.11 Å². The molecule has 4 rings (SSSR count). The lowest BCUT2D eigenvalue weighted by atomic mass is 9.81. The standard InChI is InChI=1S/C25H30N4S/c1-28(2)20-12-8-17(9-13-20)16-19-6-5-7-22-23(26-25(30)27-24(19)22)18-10-14-21(15-11-18)29(3)4/h8-16,24H,5-7H2,1-4H3,(H2,26,27,30). The van der Waals surface area contributed by atoms with Crippen molar-refractivity contribution in [2.75, 3.05) is 38.0 Å². The molecule has 156 valence electrons. The highest BCUT2D eigenvalue weighted by Gasteiger charge is 2.31. The molecule has 2 N–H and O–H groups in total. The van der Waals surface area contributed by atoms with Gasteiger partial charge in [0.1, 0.15) is 0 Å². The number of nitrogens with one attached hydrogen (secondary N) is 2. The van der Waals surface area contributed by atoms with Gasteiger partial charge in [0.25, 0.3) is 0 Å². The van der Waals surface area contributed by atoms with Gasteiger partial charge < -0.3 is 20.4 Å². The molecule has 2 aromatic rings. The average Bonchev–Trinajstić information content (AvgIpc) is 2.74. The van der Waals surface area contributed by atoms with Crippen molar-refractivity contribution >= 4 is 40.5 Å². The van der Waals surface area contributed by atoms with Gasteiger partial charge in [-0.1, -0.05) is 30.3 Å². The zero-order valence-electron chi connectivity index (χ0n) is 18.2. The molecule has 1 atom stereocenters. The number of hydrogen-bond acceptors (Lipinski definition) is 3. The Kier molecular flexibility index (Phi) is 5.82. The van der Waals surface area contributed by atoms with Crippen LogP contribution in [-0.4, -0.2) is 39.3 Å². The lowest BCUT2D eigenvalue weighted by molar-refractivity contribution is 0.607. The van der Waals surface area contributed by atoms with Crippen LogP contribution in [0.2, 0.25) is 0 Å². The van der Waals surface area contributed by atoms with E-state index >= 15 is 0 Å². The van der Waals surface area contributed by atoms with Crippen molar-refractivity contribution in [3.8, 4) is 0 Å². The number of hydrogen-bond donors (Lipinski definition) is 2. The van der Waals surface area contributed by atoms with E-state index in [0.717, 1.165) is 19.3 Å². The summed E-state index contributed by atoms with van der Waals surface area (Å²) in [6.45, 7) is 0. The molecule has 0 spiro atoms. The van der Waals surface area contributed by atoms with E-state index in [0.29, 0.717) is 5.11 Å². The highest BCUT2D eigenvalue weighted by molar-refractivity contribution is 7.80. The number of rotatable bonds is 4. The Morgan fingerprint density at radius 1 is 0.867 bits per heavy atom. The minimum atomic E-state index is 0.171. The summed E-state index contributed by atoms with van der Waals surface area (Å²) < 4.78 is 0. The zero-order valence-corrected chi connectivity index (χ0v) is 19.0. The quantitative estimate of drug-likeness (QED) is 0.706. The Bertz CT molecular complexity index is 985. The molecule has 30 heavy (non-hydrogen) atoms. The normalized spacial score (nSPS) is 19.8. The highest BCUT2D eigenvalue weighted by atomic mass is 32.1. The predicted molar refractivity (Wildman–Crippen MR) is 133 cm³/mol. The Morgan fingerprint density at radius 2 is 1.47 bits per heavy atom. The van der Waals surface area contributed by atoms with E-state index < -0.39 is 0 Å². The SMILES string of the molecule is CN(C)c1ccc(C=C2CCCC3=C(c4ccc(N(C)C)cc4)NC(=S)NC23)cc1. The molecule has 0 radical (unpaired) electrons. The summed E-state index contributed by atoms with van der Waals surface area (Å²) in [6, 6.07) is 17.6. The maximum absolute atomic E-state index is 5.58. The molecule has 5 heteroatoms. The van der Waals surface area contributed by atoms with Crippen molar-refractivity contribution < 1.29 is 0 Å². The van der Waals surface area contributed by atoms with Crippen molar-refractivity contribution in [2.24, 2.45) is 0 Å². The van der Waals surface area contributed by atoms with Crippen molar-refractivity contribution in [2.45, 2.75) is 25.3 Å². The van der Waals surface area contributed by atoms with E-state index in [2.05, 4.69) is 103 Å². The van der Waals surface area contributed by atoms with E-state index in [-0.39, 0.29) is 6.04 Å². The molecule has 2 aromatic carbocycles. The smallest absolute Gasteiger partial charge is 0.171 e. The third kappa shape index (κ3) is 4.21. The van der Waals surface area contributed by atoms with Crippen LogP contribution in [0, 0.1) is 0 Å². The van der Waals surface area contributed by atoms with Crippen LogP contribution in [0.4, 0.5) is 11.4 Å². The zero-order chi connectivity index (χ0) is 21.3. The van der Waals surface area contributed by atoms with Gasteiger partial charge in [-0.05, 0) is 78.0 Å². The maximum atomic E-state index is 5.58. The van der Waals surface area contributed by atoms with E-state index in [9.17, 15) is 0 Å². The average molecular weight is 419 g/mol. The number of thiocarbonyl (C=S) groups is 1. The molecule has 0 bridgehead atoms. The fourth-order valence-corrected chi connectivity index (χ4v) is 4.45. The van der Waals surface area contributed by atoms with Gasteiger partial charge in [-0.3, -0.25) is 0 Å².